The second-order valence-corrected chi connectivity index (χ2v) is 6.96. The molecule has 6 nitrogen and oxygen atoms in total. The van der Waals surface area contributed by atoms with Crippen LogP contribution in [0.4, 0.5) is 0 Å². The van der Waals surface area contributed by atoms with Crippen LogP contribution in [0.3, 0.4) is 0 Å². The molecule has 0 aliphatic rings. The maximum atomic E-state index is 11.4. The van der Waals surface area contributed by atoms with E-state index in [0.29, 0.717) is 4.47 Å². The highest BCUT2D eigenvalue weighted by atomic mass is 79.9. The van der Waals surface area contributed by atoms with Crippen LogP contribution in [0.2, 0.25) is 0 Å². The highest BCUT2D eigenvalue weighted by Gasteiger charge is 2.30. The first-order chi connectivity index (χ1) is 11.1. The van der Waals surface area contributed by atoms with Crippen molar-refractivity contribution in [1.29, 1.82) is 0 Å². The molecule has 1 atom stereocenters. The van der Waals surface area contributed by atoms with Crippen LogP contribution in [-0.4, -0.2) is 35.1 Å². The largest absolute Gasteiger partial charge is 0.369 e. The molecule has 0 aliphatic heterocycles. The Hall–Kier alpha value is -1.87. The molecule has 1 unspecified atom stereocenters. The molecule has 2 aromatic carbocycles. The number of hydrogen-bond acceptors (Lipinski definition) is 5. The lowest BCUT2D eigenvalue weighted by atomic mass is 10.1. The van der Waals surface area contributed by atoms with E-state index in [1.165, 1.54) is 18.2 Å². The first kappa shape index (κ1) is 20.2. The van der Waals surface area contributed by atoms with Gasteiger partial charge in [-0.1, -0.05) is 64.5 Å². The van der Waals surface area contributed by atoms with Gasteiger partial charge in [0.15, 0.2) is 5.78 Å². The number of carbonyl (C=O) groups excluding carboxylic acids is 2. The Morgan fingerprint density at radius 3 is 1.92 bits per heavy atom. The molecule has 2 rings (SSSR count). The zero-order valence-corrected chi connectivity index (χ0v) is 15.0. The molecule has 8 heteroatoms. The number of aliphatic hydroxyl groups excluding tert-OH is 1. The van der Waals surface area contributed by atoms with Crippen LogP contribution in [0.25, 0.3) is 0 Å². The normalized spacial score (nSPS) is 11.8. The molecule has 0 saturated carbocycles. The fourth-order valence-corrected chi connectivity index (χ4v) is 2.48. The highest BCUT2D eigenvalue weighted by molar-refractivity contribution is 9.10. The van der Waals surface area contributed by atoms with E-state index < -0.39 is 21.3 Å². The van der Waals surface area contributed by atoms with E-state index in [0.717, 1.165) is 5.56 Å². The Kier molecular flexibility index (Phi) is 7.43. The summed E-state index contributed by atoms with van der Waals surface area (Å²) in [5.41, 5.74) is -1.68. The Morgan fingerprint density at radius 2 is 1.50 bits per heavy atom. The smallest absolute Gasteiger partial charge is 0.299 e. The number of Topliss-reactive ketones (excluding diaryl/α,β-unsaturated/α-hetero) is 2. The van der Waals surface area contributed by atoms with Gasteiger partial charge in [0.25, 0.3) is 10.1 Å². The summed E-state index contributed by atoms with van der Waals surface area (Å²) >= 11 is 3.02. The zero-order chi connectivity index (χ0) is 18.3. The number of benzene rings is 2. The predicted molar refractivity (Wildman–Crippen MR) is 92.5 cm³/mol. The number of ketones is 2. The molecule has 0 spiro atoms. The molecule has 0 fully saturated rings. The zero-order valence-electron chi connectivity index (χ0n) is 12.6. The molecule has 2 aromatic rings. The minimum Gasteiger partial charge on any atom is -0.369 e. The van der Waals surface area contributed by atoms with Crippen LogP contribution in [0.15, 0.2) is 59.1 Å². The second kappa shape index (κ2) is 8.84. The molecule has 0 radical (unpaired) electrons. The van der Waals surface area contributed by atoms with Gasteiger partial charge in [0.05, 0.1) is 0 Å². The number of rotatable bonds is 4. The van der Waals surface area contributed by atoms with Gasteiger partial charge < -0.3 is 5.11 Å². The Labute approximate surface area is 148 Å². The van der Waals surface area contributed by atoms with Gasteiger partial charge in [-0.3, -0.25) is 14.1 Å². The van der Waals surface area contributed by atoms with Gasteiger partial charge in [-0.15, -0.1) is 0 Å². The third kappa shape index (κ3) is 5.97. The van der Waals surface area contributed by atoms with Crippen molar-refractivity contribution < 1.29 is 27.7 Å². The van der Waals surface area contributed by atoms with E-state index in [2.05, 4.69) is 15.9 Å². The first-order valence-electron chi connectivity index (χ1n) is 6.63. The minimum atomic E-state index is -4.78. The lowest BCUT2D eigenvalue weighted by Crippen LogP contribution is -2.29. The van der Waals surface area contributed by atoms with Gasteiger partial charge >= 0.3 is 0 Å². The average Bonchev–Trinajstić information content (AvgIpc) is 2.54. The number of aliphatic hydroxyl groups is 1. The summed E-state index contributed by atoms with van der Waals surface area (Å²) in [5.74, 6) is -0.958. The van der Waals surface area contributed by atoms with Crippen molar-refractivity contribution in [1.82, 2.24) is 0 Å². The lowest BCUT2D eigenvalue weighted by Gasteiger charge is -2.07. The summed E-state index contributed by atoms with van der Waals surface area (Å²) in [7, 11) is -4.78. The van der Waals surface area contributed by atoms with Crippen LogP contribution in [0, 0.1) is 0 Å². The number of hydrogen-bond donors (Lipinski definition) is 2. The van der Waals surface area contributed by atoms with E-state index >= 15 is 0 Å². The van der Waals surface area contributed by atoms with Crippen molar-refractivity contribution in [2.24, 2.45) is 0 Å². The van der Waals surface area contributed by atoms with Crippen molar-refractivity contribution in [3.63, 3.8) is 0 Å². The third-order valence-electron chi connectivity index (χ3n) is 2.83. The van der Waals surface area contributed by atoms with Gasteiger partial charge in [0.1, 0.15) is 0 Å². The SMILES string of the molecule is CC(=O)c1ccccc1.O=C(c1ccccc1Br)C(O)S(=O)(=O)O. The molecule has 2 N–H and O–H groups in total. The summed E-state index contributed by atoms with van der Waals surface area (Å²) in [6, 6.07) is 15.2. The lowest BCUT2D eigenvalue weighted by molar-refractivity contribution is 0.0847. The standard InChI is InChI=1S/C8H7BrO5S.C8H8O/c9-6-4-2-1-3-5(6)7(10)8(11)15(12,13)14;1-7(9)8-5-3-2-4-6-8/h1-4,8,11H,(H,12,13,14);2-6H,1H3. The maximum absolute atomic E-state index is 11.4. The molecule has 24 heavy (non-hydrogen) atoms. The van der Waals surface area contributed by atoms with Crippen LogP contribution in [0.5, 0.6) is 0 Å². The van der Waals surface area contributed by atoms with Gasteiger partial charge in [0.2, 0.25) is 11.2 Å². The van der Waals surface area contributed by atoms with Crippen molar-refractivity contribution in [2.75, 3.05) is 0 Å². The Balaban J connectivity index is 0.000000272. The predicted octanol–water partition coefficient (Wildman–Crippen LogP) is 2.73. The third-order valence-corrected chi connectivity index (χ3v) is 4.30. The Bertz CT molecular complexity index is 817. The first-order valence-corrected chi connectivity index (χ1v) is 8.93. The van der Waals surface area contributed by atoms with Crippen molar-refractivity contribution in [3.8, 4) is 0 Å². The monoisotopic (exact) mass is 414 g/mol. The van der Waals surface area contributed by atoms with Gasteiger partial charge in [-0.2, -0.15) is 8.42 Å². The Morgan fingerprint density at radius 1 is 1.00 bits per heavy atom. The molecular formula is C16H15BrO6S. The van der Waals surface area contributed by atoms with Gasteiger partial charge in [0, 0.05) is 15.6 Å². The molecule has 0 bridgehead atoms. The summed E-state index contributed by atoms with van der Waals surface area (Å²) in [4.78, 5) is 22.0. The number of halogens is 1. The number of carbonyl (C=O) groups is 2. The van der Waals surface area contributed by atoms with Gasteiger partial charge in [-0.25, -0.2) is 0 Å². The summed E-state index contributed by atoms with van der Waals surface area (Å²) < 4.78 is 29.9. The molecule has 128 valence electrons. The summed E-state index contributed by atoms with van der Waals surface area (Å²) in [6.07, 6.45) is 0. The molecule has 0 heterocycles. The topological polar surface area (TPSA) is 109 Å². The van der Waals surface area contributed by atoms with Crippen molar-refractivity contribution >= 4 is 37.6 Å². The minimum absolute atomic E-state index is 0.0115. The van der Waals surface area contributed by atoms with Crippen LogP contribution >= 0.6 is 15.9 Å². The second-order valence-electron chi connectivity index (χ2n) is 4.63. The van der Waals surface area contributed by atoms with Crippen LogP contribution in [-0.2, 0) is 10.1 Å². The van der Waals surface area contributed by atoms with E-state index in [-0.39, 0.29) is 11.3 Å². The molecule has 0 aromatic heterocycles. The van der Waals surface area contributed by atoms with Gasteiger partial charge in [-0.05, 0) is 13.0 Å². The van der Waals surface area contributed by atoms with E-state index in [4.69, 9.17) is 9.66 Å². The van der Waals surface area contributed by atoms with Crippen molar-refractivity contribution in [2.45, 2.75) is 12.4 Å². The molecule has 0 amide bonds. The van der Waals surface area contributed by atoms with Crippen LogP contribution < -0.4 is 0 Å². The summed E-state index contributed by atoms with van der Waals surface area (Å²) in [6.45, 7) is 1.56. The fraction of sp³-hybridized carbons (Fsp3) is 0.125. The summed E-state index contributed by atoms with van der Waals surface area (Å²) in [5, 5.41) is 9.02. The van der Waals surface area contributed by atoms with E-state index in [1.807, 2.05) is 30.3 Å². The average molecular weight is 415 g/mol. The van der Waals surface area contributed by atoms with Crippen LogP contribution in [0.1, 0.15) is 27.6 Å². The highest BCUT2D eigenvalue weighted by Crippen LogP contribution is 2.18. The fourth-order valence-electron chi connectivity index (χ4n) is 1.60. The maximum Gasteiger partial charge on any atom is 0.299 e. The molecule has 0 aliphatic carbocycles. The van der Waals surface area contributed by atoms with E-state index in [1.54, 1.807) is 13.0 Å². The van der Waals surface area contributed by atoms with Crippen molar-refractivity contribution in [3.05, 3.63) is 70.2 Å². The van der Waals surface area contributed by atoms with E-state index in [9.17, 15) is 18.0 Å². The molecular weight excluding hydrogens is 400 g/mol. The molecule has 0 saturated heterocycles. The quantitative estimate of drug-likeness (QED) is 0.587.